The Morgan fingerprint density at radius 1 is 1.07 bits per heavy atom. The van der Waals surface area contributed by atoms with Gasteiger partial charge in [0.05, 0.1) is 10.8 Å². The molecular formula is C21H19N5O2S. The van der Waals surface area contributed by atoms with E-state index in [1.165, 1.54) is 11.8 Å². The van der Waals surface area contributed by atoms with Gasteiger partial charge >= 0.3 is 0 Å². The molecule has 2 aromatic heterocycles. The van der Waals surface area contributed by atoms with Gasteiger partial charge in [-0.3, -0.25) is 4.79 Å². The number of thioether (sulfide) groups is 1. The van der Waals surface area contributed by atoms with Gasteiger partial charge in [0.1, 0.15) is 11.6 Å². The molecule has 0 radical (unpaired) electrons. The van der Waals surface area contributed by atoms with Crippen molar-refractivity contribution in [1.29, 1.82) is 0 Å². The topological polar surface area (TPSA) is 92.9 Å². The predicted molar refractivity (Wildman–Crippen MR) is 114 cm³/mol. The summed E-state index contributed by atoms with van der Waals surface area (Å²) in [4.78, 5) is 21.7. The van der Waals surface area contributed by atoms with E-state index in [0.717, 1.165) is 16.6 Å². The third kappa shape index (κ3) is 4.55. The van der Waals surface area contributed by atoms with E-state index < -0.39 is 5.25 Å². The first-order valence-electron chi connectivity index (χ1n) is 9.08. The summed E-state index contributed by atoms with van der Waals surface area (Å²) < 4.78 is 4.98. The van der Waals surface area contributed by atoms with Gasteiger partial charge in [-0.05, 0) is 38.1 Å². The first kappa shape index (κ1) is 18.9. The SMILES string of the molecule is Cc1cc(NC(=O)[C@@H](C)Sc2nc(Nc3ccccc3)c3ccccc3n2)no1. The van der Waals surface area contributed by atoms with Crippen LogP contribution in [0.2, 0.25) is 0 Å². The normalized spacial score (nSPS) is 11.9. The molecular weight excluding hydrogens is 386 g/mol. The zero-order chi connectivity index (χ0) is 20.2. The molecule has 146 valence electrons. The lowest BCUT2D eigenvalue weighted by Crippen LogP contribution is -2.22. The number of rotatable bonds is 6. The largest absolute Gasteiger partial charge is 0.360 e. The monoisotopic (exact) mass is 405 g/mol. The van der Waals surface area contributed by atoms with Crippen molar-refractivity contribution in [3.63, 3.8) is 0 Å². The average molecular weight is 405 g/mol. The zero-order valence-electron chi connectivity index (χ0n) is 15.9. The van der Waals surface area contributed by atoms with Crippen LogP contribution in [0.1, 0.15) is 12.7 Å². The second-order valence-corrected chi connectivity index (χ2v) is 7.74. The molecule has 1 amide bonds. The maximum Gasteiger partial charge on any atom is 0.238 e. The van der Waals surface area contributed by atoms with Gasteiger partial charge in [0.25, 0.3) is 0 Å². The second kappa shape index (κ2) is 8.32. The van der Waals surface area contributed by atoms with Crippen LogP contribution in [0.5, 0.6) is 0 Å². The van der Waals surface area contributed by atoms with Crippen molar-refractivity contribution in [2.24, 2.45) is 0 Å². The molecule has 4 rings (SSSR count). The summed E-state index contributed by atoms with van der Waals surface area (Å²) in [5.41, 5.74) is 1.74. The van der Waals surface area contributed by atoms with E-state index in [4.69, 9.17) is 4.52 Å². The number of aryl methyl sites for hydroxylation is 1. The molecule has 29 heavy (non-hydrogen) atoms. The Labute approximate surface area is 171 Å². The number of fused-ring (bicyclic) bond motifs is 1. The lowest BCUT2D eigenvalue weighted by atomic mass is 10.2. The van der Waals surface area contributed by atoms with Gasteiger partial charge in [-0.15, -0.1) is 0 Å². The minimum Gasteiger partial charge on any atom is -0.360 e. The fourth-order valence-corrected chi connectivity index (χ4v) is 3.50. The number of carbonyl (C=O) groups excluding carboxylic acids is 1. The Bertz CT molecular complexity index is 1150. The maximum atomic E-state index is 12.5. The van der Waals surface area contributed by atoms with E-state index in [2.05, 4.69) is 25.8 Å². The fourth-order valence-electron chi connectivity index (χ4n) is 2.73. The number of para-hydroxylation sites is 2. The highest BCUT2D eigenvalue weighted by molar-refractivity contribution is 8.00. The van der Waals surface area contributed by atoms with Crippen molar-refractivity contribution in [3.8, 4) is 0 Å². The van der Waals surface area contributed by atoms with Gasteiger partial charge < -0.3 is 15.2 Å². The van der Waals surface area contributed by atoms with Crippen LogP contribution >= 0.6 is 11.8 Å². The number of hydrogen-bond donors (Lipinski definition) is 2. The summed E-state index contributed by atoms with van der Waals surface area (Å²) in [7, 11) is 0. The molecule has 2 heterocycles. The minimum absolute atomic E-state index is 0.197. The molecule has 0 bridgehead atoms. The molecule has 2 aromatic carbocycles. The Kier molecular flexibility index (Phi) is 5.44. The molecule has 0 spiro atoms. The summed E-state index contributed by atoms with van der Waals surface area (Å²) in [6.07, 6.45) is 0. The van der Waals surface area contributed by atoms with Crippen molar-refractivity contribution in [3.05, 3.63) is 66.4 Å². The summed E-state index contributed by atoms with van der Waals surface area (Å²) >= 11 is 1.28. The number of hydrogen-bond acceptors (Lipinski definition) is 7. The molecule has 0 fully saturated rings. The summed E-state index contributed by atoms with van der Waals surface area (Å²) in [5, 5.41) is 10.9. The summed E-state index contributed by atoms with van der Waals surface area (Å²) in [5.74, 6) is 1.53. The van der Waals surface area contributed by atoms with Crippen LogP contribution in [-0.4, -0.2) is 26.3 Å². The van der Waals surface area contributed by atoms with Crippen molar-refractivity contribution in [2.75, 3.05) is 10.6 Å². The summed E-state index contributed by atoms with van der Waals surface area (Å²) in [6, 6.07) is 19.3. The second-order valence-electron chi connectivity index (χ2n) is 6.44. The first-order valence-corrected chi connectivity index (χ1v) is 9.96. The number of anilines is 3. The van der Waals surface area contributed by atoms with Crippen LogP contribution in [0.3, 0.4) is 0 Å². The smallest absolute Gasteiger partial charge is 0.238 e. The van der Waals surface area contributed by atoms with Gasteiger partial charge in [-0.1, -0.05) is 47.3 Å². The van der Waals surface area contributed by atoms with Gasteiger partial charge in [0, 0.05) is 17.1 Å². The van der Waals surface area contributed by atoms with E-state index in [9.17, 15) is 4.79 Å². The molecule has 0 aliphatic carbocycles. The van der Waals surface area contributed by atoms with Crippen LogP contribution in [0, 0.1) is 6.92 Å². The van der Waals surface area contributed by atoms with E-state index >= 15 is 0 Å². The van der Waals surface area contributed by atoms with Crippen LogP contribution in [0.25, 0.3) is 10.9 Å². The molecule has 8 heteroatoms. The number of amides is 1. The van der Waals surface area contributed by atoms with Gasteiger partial charge in [-0.2, -0.15) is 0 Å². The molecule has 0 saturated carbocycles. The number of aromatic nitrogens is 3. The standard InChI is InChI=1S/C21H19N5O2S/c1-13-12-18(26-28-13)24-20(27)14(2)29-21-23-17-11-7-6-10-16(17)19(25-21)22-15-8-4-3-5-9-15/h3-12,14H,1-2H3,(H,22,23,25)(H,24,26,27)/t14-/m1/s1. The Balaban J connectivity index is 1.57. The van der Waals surface area contributed by atoms with Crippen molar-refractivity contribution >= 4 is 45.9 Å². The average Bonchev–Trinajstić information content (AvgIpc) is 3.13. The highest BCUT2D eigenvalue weighted by atomic mass is 32.2. The minimum atomic E-state index is -0.419. The van der Waals surface area contributed by atoms with E-state index in [1.54, 1.807) is 19.9 Å². The summed E-state index contributed by atoms with van der Waals surface area (Å²) in [6.45, 7) is 3.57. The van der Waals surface area contributed by atoms with Crippen molar-refractivity contribution < 1.29 is 9.32 Å². The van der Waals surface area contributed by atoms with Gasteiger partial charge in [0.15, 0.2) is 11.0 Å². The quantitative estimate of drug-likeness (QED) is 0.352. The van der Waals surface area contributed by atoms with Crippen LogP contribution < -0.4 is 10.6 Å². The van der Waals surface area contributed by atoms with Gasteiger partial charge in [0.2, 0.25) is 5.91 Å². The molecule has 4 aromatic rings. The molecule has 1 atom stereocenters. The third-order valence-corrected chi connectivity index (χ3v) is 5.11. The Hall–Kier alpha value is -3.39. The van der Waals surface area contributed by atoms with E-state index in [-0.39, 0.29) is 5.91 Å². The van der Waals surface area contributed by atoms with Crippen LogP contribution in [-0.2, 0) is 4.79 Å². The molecule has 0 aliphatic heterocycles. The molecule has 0 unspecified atom stereocenters. The predicted octanol–water partition coefficient (Wildman–Crippen LogP) is 4.79. The fraction of sp³-hybridized carbons (Fsp3) is 0.143. The van der Waals surface area contributed by atoms with Crippen molar-refractivity contribution in [2.45, 2.75) is 24.3 Å². The number of nitrogens with one attached hydrogen (secondary N) is 2. The number of carbonyl (C=O) groups is 1. The van der Waals surface area contributed by atoms with Crippen LogP contribution in [0.15, 0.2) is 70.3 Å². The zero-order valence-corrected chi connectivity index (χ0v) is 16.7. The molecule has 7 nitrogen and oxygen atoms in total. The lowest BCUT2D eigenvalue weighted by Gasteiger charge is -2.13. The van der Waals surface area contributed by atoms with E-state index in [1.807, 2.05) is 54.6 Å². The lowest BCUT2D eigenvalue weighted by molar-refractivity contribution is -0.115. The molecule has 2 N–H and O–H groups in total. The highest BCUT2D eigenvalue weighted by Gasteiger charge is 2.19. The number of benzene rings is 2. The van der Waals surface area contributed by atoms with Crippen molar-refractivity contribution in [1.82, 2.24) is 15.1 Å². The molecule has 0 aliphatic rings. The maximum absolute atomic E-state index is 12.5. The Morgan fingerprint density at radius 2 is 1.83 bits per heavy atom. The first-order chi connectivity index (χ1) is 14.1. The number of nitrogens with zero attached hydrogens (tertiary/aromatic N) is 3. The van der Waals surface area contributed by atoms with E-state index in [0.29, 0.717) is 22.6 Å². The van der Waals surface area contributed by atoms with Crippen LogP contribution in [0.4, 0.5) is 17.3 Å². The van der Waals surface area contributed by atoms with Gasteiger partial charge in [-0.25, -0.2) is 9.97 Å². The Morgan fingerprint density at radius 3 is 2.59 bits per heavy atom. The molecule has 0 saturated heterocycles. The third-order valence-electron chi connectivity index (χ3n) is 4.15. The highest BCUT2D eigenvalue weighted by Crippen LogP contribution is 2.29.